The summed E-state index contributed by atoms with van der Waals surface area (Å²) in [6.45, 7) is 4.32. The van der Waals surface area contributed by atoms with Crippen molar-refractivity contribution in [1.29, 1.82) is 0 Å². The molecule has 188 valence electrons. The van der Waals surface area contributed by atoms with E-state index in [4.69, 9.17) is 28.4 Å². The molecule has 0 saturated carbocycles. The Balaban J connectivity index is 1.92. The average Bonchev–Trinajstić information content (AvgIpc) is 3.31. The van der Waals surface area contributed by atoms with Crippen LogP contribution in [0.2, 0.25) is 0 Å². The minimum Gasteiger partial charge on any atom is -0.463 e. The summed E-state index contributed by atoms with van der Waals surface area (Å²) < 4.78 is 33.0. The number of carbonyl (C=O) groups is 4. The molecule has 1 aliphatic heterocycles. The fourth-order valence-corrected chi connectivity index (χ4v) is 3.53. The lowest BCUT2D eigenvalue weighted by atomic mass is 9.98. The van der Waals surface area contributed by atoms with Gasteiger partial charge >= 0.3 is 23.9 Å². The molecular weight excluding hydrogens is 464 g/mol. The van der Waals surface area contributed by atoms with Gasteiger partial charge in [0.05, 0.1) is 0 Å². The fourth-order valence-electron chi connectivity index (χ4n) is 3.53. The lowest BCUT2D eigenvalue weighted by molar-refractivity contribution is -0.288. The van der Waals surface area contributed by atoms with Gasteiger partial charge in [-0.15, -0.1) is 0 Å². The molecule has 12 heteroatoms. The molecule has 12 nitrogen and oxygen atoms in total. The molecule has 2 aromatic rings. The van der Waals surface area contributed by atoms with Crippen LogP contribution < -0.4 is 4.74 Å². The maximum absolute atomic E-state index is 11.9. The Kier molecular flexibility index (Phi) is 8.42. The van der Waals surface area contributed by atoms with Crippen molar-refractivity contribution >= 4 is 23.9 Å². The Hall–Kier alpha value is -3.93. The molecule has 0 radical (unpaired) electrons. The quantitative estimate of drug-likeness (QED) is 0.423. The van der Waals surface area contributed by atoms with Gasteiger partial charge in [-0.3, -0.25) is 19.2 Å². The number of hydrogen-bond donors (Lipinski definition) is 1. The summed E-state index contributed by atoms with van der Waals surface area (Å²) in [7, 11) is 0. The number of carbonyl (C=O) groups excluding carboxylic acids is 4. The SMILES string of the molecule is CC(=O)OC[C@H]1O[C@@H](Oc2ccc(-c3ncc[nH]3)cc2)[C@H](OC(C)=O)[C@@H](OC(C)=O)[C@@H]1OC(C)=O. The van der Waals surface area contributed by atoms with Gasteiger partial charge in [-0.05, 0) is 24.3 Å². The van der Waals surface area contributed by atoms with E-state index in [2.05, 4.69) is 9.97 Å². The zero-order valence-electron chi connectivity index (χ0n) is 19.6. The van der Waals surface area contributed by atoms with Gasteiger partial charge < -0.3 is 33.4 Å². The molecule has 0 spiro atoms. The van der Waals surface area contributed by atoms with Crippen molar-refractivity contribution in [3.63, 3.8) is 0 Å². The van der Waals surface area contributed by atoms with Crippen molar-refractivity contribution in [3.05, 3.63) is 36.7 Å². The first-order valence-corrected chi connectivity index (χ1v) is 10.7. The molecule has 0 amide bonds. The van der Waals surface area contributed by atoms with Crippen LogP contribution in [0, 0.1) is 0 Å². The van der Waals surface area contributed by atoms with Crippen LogP contribution in [0.1, 0.15) is 27.7 Å². The lowest BCUT2D eigenvalue weighted by Gasteiger charge is -2.43. The van der Waals surface area contributed by atoms with Crippen molar-refractivity contribution in [2.24, 2.45) is 0 Å². The minimum absolute atomic E-state index is 0.334. The van der Waals surface area contributed by atoms with Crippen LogP contribution in [0.3, 0.4) is 0 Å². The minimum atomic E-state index is -1.31. The molecule has 1 aromatic heterocycles. The van der Waals surface area contributed by atoms with Gasteiger partial charge in [-0.25, -0.2) is 4.98 Å². The maximum Gasteiger partial charge on any atom is 0.303 e. The average molecular weight is 490 g/mol. The van der Waals surface area contributed by atoms with Crippen LogP contribution >= 0.6 is 0 Å². The van der Waals surface area contributed by atoms with E-state index in [-0.39, 0.29) is 6.61 Å². The molecule has 1 saturated heterocycles. The Morgan fingerprint density at radius 2 is 1.46 bits per heavy atom. The van der Waals surface area contributed by atoms with Gasteiger partial charge in [0.15, 0.2) is 12.2 Å². The monoisotopic (exact) mass is 490 g/mol. The number of imidazole rings is 1. The second kappa shape index (κ2) is 11.5. The van der Waals surface area contributed by atoms with E-state index in [1.54, 1.807) is 36.7 Å². The first-order valence-electron chi connectivity index (χ1n) is 10.7. The number of ether oxygens (including phenoxy) is 6. The van der Waals surface area contributed by atoms with Gasteiger partial charge in [0.2, 0.25) is 12.4 Å². The van der Waals surface area contributed by atoms with Gasteiger partial charge in [0, 0.05) is 45.7 Å². The number of benzene rings is 1. The normalized spacial score (nSPS) is 23.6. The van der Waals surface area contributed by atoms with Crippen LogP contribution in [0.4, 0.5) is 0 Å². The van der Waals surface area contributed by atoms with Crippen molar-refractivity contribution in [2.75, 3.05) is 6.61 Å². The molecule has 1 N–H and O–H groups in total. The first-order chi connectivity index (χ1) is 16.6. The molecule has 0 aliphatic carbocycles. The Morgan fingerprint density at radius 3 is 2.00 bits per heavy atom. The lowest BCUT2D eigenvalue weighted by Crippen LogP contribution is -2.63. The topological polar surface area (TPSA) is 152 Å². The third kappa shape index (κ3) is 7.03. The second-order valence-electron chi connectivity index (χ2n) is 7.65. The van der Waals surface area contributed by atoms with E-state index in [0.29, 0.717) is 11.6 Å². The van der Waals surface area contributed by atoms with Crippen molar-refractivity contribution in [2.45, 2.75) is 58.4 Å². The summed E-state index contributed by atoms with van der Waals surface area (Å²) in [6.07, 6.45) is -2.94. The van der Waals surface area contributed by atoms with E-state index in [9.17, 15) is 19.2 Å². The predicted molar refractivity (Wildman–Crippen MR) is 117 cm³/mol. The number of hydrogen-bond acceptors (Lipinski definition) is 11. The third-order valence-corrected chi connectivity index (χ3v) is 4.83. The molecule has 1 fully saturated rings. The zero-order valence-corrected chi connectivity index (χ0v) is 19.6. The molecule has 35 heavy (non-hydrogen) atoms. The van der Waals surface area contributed by atoms with E-state index < -0.39 is 54.6 Å². The Bertz CT molecular complexity index is 1040. The summed E-state index contributed by atoms with van der Waals surface area (Å²) in [6, 6.07) is 6.79. The van der Waals surface area contributed by atoms with Crippen molar-refractivity contribution < 1.29 is 47.6 Å². The van der Waals surface area contributed by atoms with Gasteiger partial charge in [-0.1, -0.05) is 0 Å². The number of aromatic nitrogens is 2. The van der Waals surface area contributed by atoms with E-state index in [0.717, 1.165) is 26.3 Å². The number of esters is 4. The van der Waals surface area contributed by atoms with Gasteiger partial charge in [-0.2, -0.15) is 0 Å². The highest BCUT2D eigenvalue weighted by atomic mass is 16.7. The van der Waals surface area contributed by atoms with E-state index in [1.807, 2.05) is 0 Å². The number of aromatic amines is 1. The van der Waals surface area contributed by atoms with Crippen LogP contribution in [0.15, 0.2) is 36.7 Å². The van der Waals surface area contributed by atoms with Crippen LogP contribution in [0.5, 0.6) is 5.75 Å². The number of nitrogens with zero attached hydrogens (tertiary/aromatic N) is 1. The number of nitrogens with one attached hydrogen (secondary N) is 1. The standard InChI is InChI=1S/C23H26N2O10/c1-12(26)30-11-18-19(31-13(2)27)20(32-14(3)28)21(33-15(4)29)23(35-18)34-17-7-5-16(6-8-17)22-24-9-10-25-22/h5-10,18-21,23H,11H2,1-4H3,(H,24,25)/t18-,19-,20+,21-,23-/m1/s1. The summed E-state index contributed by atoms with van der Waals surface area (Å²) in [5.74, 6) is -1.76. The van der Waals surface area contributed by atoms with Crippen molar-refractivity contribution in [1.82, 2.24) is 9.97 Å². The summed E-state index contributed by atoms with van der Waals surface area (Å²) >= 11 is 0. The first kappa shape index (κ1) is 25.7. The number of rotatable bonds is 8. The summed E-state index contributed by atoms with van der Waals surface area (Å²) in [5.41, 5.74) is 0.795. The van der Waals surface area contributed by atoms with Crippen molar-refractivity contribution in [3.8, 4) is 17.1 Å². The number of H-pyrrole nitrogens is 1. The molecule has 5 atom stereocenters. The summed E-state index contributed by atoms with van der Waals surface area (Å²) in [4.78, 5) is 54.1. The molecule has 3 rings (SSSR count). The Labute approximate surface area is 200 Å². The molecule has 0 bridgehead atoms. The molecule has 0 unspecified atom stereocenters. The highest BCUT2D eigenvalue weighted by molar-refractivity contribution is 5.68. The Morgan fingerprint density at radius 1 is 0.857 bits per heavy atom. The molecular formula is C23H26N2O10. The smallest absolute Gasteiger partial charge is 0.303 e. The van der Waals surface area contributed by atoms with Crippen LogP contribution in [-0.2, 0) is 42.9 Å². The summed E-state index contributed by atoms with van der Waals surface area (Å²) in [5, 5.41) is 0. The zero-order chi connectivity index (χ0) is 25.5. The predicted octanol–water partition coefficient (Wildman–Crippen LogP) is 1.54. The highest BCUT2D eigenvalue weighted by Gasteiger charge is 2.53. The highest BCUT2D eigenvalue weighted by Crippen LogP contribution is 2.31. The molecule has 1 aliphatic rings. The largest absolute Gasteiger partial charge is 0.463 e. The van der Waals surface area contributed by atoms with Crippen LogP contribution in [0.25, 0.3) is 11.4 Å². The van der Waals surface area contributed by atoms with Gasteiger partial charge in [0.1, 0.15) is 24.3 Å². The second-order valence-corrected chi connectivity index (χ2v) is 7.65. The van der Waals surface area contributed by atoms with Crippen LogP contribution in [-0.4, -0.2) is 71.2 Å². The third-order valence-electron chi connectivity index (χ3n) is 4.83. The van der Waals surface area contributed by atoms with E-state index >= 15 is 0 Å². The maximum atomic E-state index is 11.9. The molecule has 2 heterocycles. The fraction of sp³-hybridized carbons (Fsp3) is 0.435. The molecule has 1 aromatic carbocycles. The van der Waals surface area contributed by atoms with E-state index in [1.165, 1.54) is 6.92 Å². The van der Waals surface area contributed by atoms with Gasteiger partial charge in [0.25, 0.3) is 0 Å².